The summed E-state index contributed by atoms with van der Waals surface area (Å²) in [5.74, 6) is 0. The summed E-state index contributed by atoms with van der Waals surface area (Å²) in [6, 6.07) is 8.28. The fraction of sp³-hybridized carbons (Fsp3) is 0.0833. The van der Waals surface area contributed by atoms with E-state index >= 15 is 0 Å². The molecule has 1 aromatic heterocycles. The summed E-state index contributed by atoms with van der Waals surface area (Å²) in [6.07, 6.45) is 1.53. The highest BCUT2D eigenvalue weighted by atomic mass is 127. The molecule has 4 nitrogen and oxygen atoms in total. The topological polar surface area (TPSA) is 62.5 Å². The highest BCUT2D eigenvalue weighted by molar-refractivity contribution is 14.1. The fourth-order valence-electron chi connectivity index (χ4n) is 1.71. The molecule has 2 N–H and O–H groups in total. The van der Waals surface area contributed by atoms with E-state index in [0.717, 1.165) is 9.13 Å². The lowest BCUT2D eigenvalue weighted by molar-refractivity contribution is 0.425. The smallest absolute Gasteiger partial charge is 0.423 e. The van der Waals surface area contributed by atoms with Gasteiger partial charge in [0.2, 0.25) is 5.56 Å². The summed E-state index contributed by atoms with van der Waals surface area (Å²) in [5.41, 5.74) is 0.804. The number of rotatable bonds is 3. The second kappa shape index (κ2) is 6.08. The van der Waals surface area contributed by atoms with Gasteiger partial charge in [0.05, 0.1) is 6.54 Å². The number of nitrogens with zero attached hydrogens (tertiary/aromatic N) is 1. The Bertz CT molecular complexity index is 639. The van der Waals surface area contributed by atoms with E-state index in [1.807, 2.05) is 12.1 Å². The van der Waals surface area contributed by atoms with Crippen LogP contribution in [0.2, 0.25) is 5.02 Å². The average Bonchev–Trinajstić information content (AvgIpc) is 2.30. The summed E-state index contributed by atoms with van der Waals surface area (Å²) in [4.78, 5) is 11.8. The van der Waals surface area contributed by atoms with Gasteiger partial charge in [0.15, 0.2) is 0 Å². The lowest BCUT2D eigenvalue weighted by Gasteiger charge is -2.08. The summed E-state index contributed by atoms with van der Waals surface area (Å²) >= 11 is 8.12. The zero-order valence-electron chi connectivity index (χ0n) is 9.75. The molecule has 19 heavy (non-hydrogen) atoms. The molecule has 7 heteroatoms. The van der Waals surface area contributed by atoms with Gasteiger partial charge in [-0.25, -0.2) is 0 Å². The van der Waals surface area contributed by atoms with Gasteiger partial charge in [0, 0.05) is 20.9 Å². The number of halogens is 2. The Morgan fingerprint density at radius 2 is 2.00 bits per heavy atom. The van der Waals surface area contributed by atoms with Crippen molar-refractivity contribution in [3.05, 3.63) is 61.0 Å². The minimum atomic E-state index is -1.63. The van der Waals surface area contributed by atoms with E-state index in [1.165, 1.54) is 22.9 Å². The van der Waals surface area contributed by atoms with Gasteiger partial charge in [-0.1, -0.05) is 11.6 Å². The Balaban J connectivity index is 2.31. The van der Waals surface area contributed by atoms with Crippen LogP contribution in [0.3, 0.4) is 0 Å². The van der Waals surface area contributed by atoms with Crippen molar-refractivity contribution in [2.75, 3.05) is 0 Å². The molecule has 2 aromatic rings. The molecule has 0 amide bonds. The lowest BCUT2D eigenvalue weighted by atomic mass is 9.81. The number of hydrogen-bond acceptors (Lipinski definition) is 3. The summed E-state index contributed by atoms with van der Waals surface area (Å²) in [6.45, 7) is 0.386. The SMILES string of the molecule is O=c1cc(B(O)O)ccn1Cc1cc(Cl)cc(I)c1. The van der Waals surface area contributed by atoms with E-state index in [0.29, 0.717) is 11.6 Å². The van der Waals surface area contributed by atoms with Crippen molar-refractivity contribution in [3.8, 4) is 0 Å². The molecular weight excluding hydrogens is 379 g/mol. The second-order valence-electron chi connectivity index (χ2n) is 4.08. The van der Waals surface area contributed by atoms with Crippen molar-refractivity contribution in [3.63, 3.8) is 0 Å². The van der Waals surface area contributed by atoms with E-state index in [4.69, 9.17) is 21.6 Å². The van der Waals surface area contributed by atoms with Crippen LogP contribution in [0.1, 0.15) is 5.56 Å². The summed E-state index contributed by atoms with van der Waals surface area (Å²) in [5, 5.41) is 18.6. The maximum atomic E-state index is 11.8. The van der Waals surface area contributed by atoms with Crippen LogP contribution in [0.25, 0.3) is 0 Å². The molecule has 0 aliphatic carbocycles. The van der Waals surface area contributed by atoms with Gasteiger partial charge in [-0.05, 0) is 57.9 Å². The number of benzene rings is 1. The van der Waals surface area contributed by atoms with Crippen molar-refractivity contribution in [2.24, 2.45) is 0 Å². The molecule has 0 aliphatic rings. The minimum absolute atomic E-state index is 0.182. The van der Waals surface area contributed by atoms with Crippen molar-refractivity contribution in [1.82, 2.24) is 4.57 Å². The van der Waals surface area contributed by atoms with Gasteiger partial charge < -0.3 is 14.6 Å². The van der Waals surface area contributed by atoms with Crippen LogP contribution in [0.5, 0.6) is 0 Å². The molecule has 0 saturated heterocycles. The minimum Gasteiger partial charge on any atom is -0.423 e. The van der Waals surface area contributed by atoms with Crippen molar-refractivity contribution in [2.45, 2.75) is 6.54 Å². The van der Waals surface area contributed by atoms with E-state index in [1.54, 1.807) is 6.07 Å². The molecule has 1 heterocycles. The molecule has 0 spiro atoms. The molecule has 2 rings (SSSR count). The van der Waals surface area contributed by atoms with Crippen LogP contribution >= 0.6 is 34.2 Å². The van der Waals surface area contributed by atoms with Crippen molar-refractivity contribution >= 4 is 46.8 Å². The average molecular weight is 389 g/mol. The zero-order chi connectivity index (χ0) is 14.0. The molecule has 98 valence electrons. The molecule has 0 bridgehead atoms. The predicted molar refractivity (Wildman–Crippen MR) is 83.8 cm³/mol. The molecule has 1 aromatic carbocycles. The van der Waals surface area contributed by atoms with E-state index in [-0.39, 0.29) is 11.0 Å². The molecule has 0 unspecified atom stereocenters. The van der Waals surface area contributed by atoms with Gasteiger partial charge in [0.1, 0.15) is 0 Å². The van der Waals surface area contributed by atoms with Crippen LogP contribution in [0.4, 0.5) is 0 Å². The number of pyridine rings is 1. The monoisotopic (exact) mass is 389 g/mol. The lowest BCUT2D eigenvalue weighted by Crippen LogP contribution is -2.35. The first kappa shape index (κ1) is 14.6. The standard InChI is InChI=1S/C12H10BClINO3/c14-10-3-8(4-11(15)6-10)7-16-2-1-9(13(18)19)5-12(16)17/h1-6,18-19H,7H2. The van der Waals surface area contributed by atoms with Gasteiger partial charge in [-0.15, -0.1) is 0 Å². The Morgan fingerprint density at radius 3 is 2.58 bits per heavy atom. The highest BCUT2D eigenvalue weighted by Gasteiger charge is 2.12. The molecule has 0 atom stereocenters. The van der Waals surface area contributed by atoms with Crippen LogP contribution in [-0.2, 0) is 6.54 Å². The predicted octanol–water partition coefficient (Wildman–Crippen LogP) is 0.834. The summed E-state index contributed by atoms with van der Waals surface area (Å²) in [7, 11) is -1.63. The molecule has 0 radical (unpaired) electrons. The van der Waals surface area contributed by atoms with Crippen LogP contribution in [0.15, 0.2) is 41.3 Å². The van der Waals surface area contributed by atoms with E-state index in [9.17, 15) is 4.79 Å². The first-order valence-corrected chi connectivity index (χ1v) is 6.93. The van der Waals surface area contributed by atoms with E-state index in [2.05, 4.69) is 22.6 Å². The van der Waals surface area contributed by atoms with Gasteiger partial charge >= 0.3 is 7.12 Å². The molecule has 0 aliphatic heterocycles. The highest BCUT2D eigenvalue weighted by Crippen LogP contribution is 2.17. The van der Waals surface area contributed by atoms with Crippen LogP contribution < -0.4 is 11.0 Å². The van der Waals surface area contributed by atoms with E-state index < -0.39 is 7.12 Å². The third kappa shape index (κ3) is 3.82. The molecule has 0 fully saturated rings. The maximum Gasteiger partial charge on any atom is 0.488 e. The Morgan fingerprint density at radius 1 is 1.26 bits per heavy atom. The third-order valence-corrected chi connectivity index (χ3v) is 3.43. The second-order valence-corrected chi connectivity index (χ2v) is 5.76. The number of hydrogen-bond donors (Lipinski definition) is 2. The third-order valence-electron chi connectivity index (χ3n) is 2.59. The van der Waals surface area contributed by atoms with Crippen LogP contribution in [0, 0.1) is 3.57 Å². The fourth-order valence-corrected chi connectivity index (χ4v) is 2.89. The Labute approximate surface area is 128 Å². The Kier molecular flexibility index (Phi) is 4.67. The first-order valence-electron chi connectivity index (χ1n) is 5.47. The van der Waals surface area contributed by atoms with Gasteiger partial charge in [-0.2, -0.15) is 0 Å². The summed E-state index contributed by atoms with van der Waals surface area (Å²) < 4.78 is 2.48. The molecular formula is C12H10BClINO3. The zero-order valence-corrected chi connectivity index (χ0v) is 12.7. The van der Waals surface area contributed by atoms with Crippen LogP contribution in [-0.4, -0.2) is 21.7 Å². The maximum absolute atomic E-state index is 11.8. The quantitative estimate of drug-likeness (QED) is 0.604. The van der Waals surface area contributed by atoms with Crippen molar-refractivity contribution in [1.29, 1.82) is 0 Å². The van der Waals surface area contributed by atoms with Crippen molar-refractivity contribution < 1.29 is 10.0 Å². The van der Waals surface area contributed by atoms with Gasteiger partial charge in [0.25, 0.3) is 0 Å². The molecule has 0 saturated carbocycles. The normalized spacial score (nSPS) is 10.5. The largest absolute Gasteiger partial charge is 0.488 e. The first-order chi connectivity index (χ1) is 8.95. The Hall–Kier alpha value is -0.825. The number of aromatic nitrogens is 1. The van der Waals surface area contributed by atoms with Gasteiger partial charge in [-0.3, -0.25) is 4.79 Å².